The van der Waals surface area contributed by atoms with Crippen molar-refractivity contribution in [2.24, 2.45) is 11.8 Å². The summed E-state index contributed by atoms with van der Waals surface area (Å²) in [5.74, 6) is 0.466. The van der Waals surface area contributed by atoms with Crippen molar-refractivity contribution in [1.29, 1.82) is 0 Å². The van der Waals surface area contributed by atoms with Gasteiger partial charge in [-0.1, -0.05) is 30.3 Å². The van der Waals surface area contributed by atoms with E-state index in [0.29, 0.717) is 12.3 Å². The van der Waals surface area contributed by atoms with Crippen LogP contribution < -0.4 is 5.32 Å². The molecule has 0 aromatic heterocycles. The molecule has 0 aliphatic heterocycles. The van der Waals surface area contributed by atoms with Crippen LogP contribution in [-0.4, -0.2) is 24.7 Å². The first kappa shape index (κ1) is 18.6. The highest BCUT2D eigenvalue weighted by Crippen LogP contribution is 2.16. The van der Waals surface area contributed by atoms with E-state index in [2.05, 4.69) is 31.3 Å². The minimum atomic E-state index is -0.427. The van der Waals surface area contributed by atoms with Crippen molar-refractivity contribution < 1.29 is 9.53 Å². The summed E-state index contributed by atoms with van der Waals surface area (Å²) >= 11 is 0. The van der Waals surface area contributed by atoms with Crippen LogP contribution in [0.1, 0.15) is 39.7 Å². The molecule has 22 heavy (non-hydrogen) atoms. The molecular weight excluding hydrogens is 274 g/mol. The van der Waals surface area contributed by atoms with E-state index in [1.807, 2.05) is 39.0 Å². The molecule has 1 N–H and O–H groups in total. The minimum Gasteiger partial charge on any atom is -0.460 e. The second kappa shape index (κ2) is 8.84. The average molecular weight is 304 g/mol. The van der Waals surface area contributed by atoms with E-state index in [4.69, 9.17) is 4.74 Å². The third kappa shape index (κ3) is 8.73. The lowest BCUT2D eigenvalue weighted by molar-refractivity contribution is -0.155. The molecule has 1 aromatic carbocycles. The van der Waals surface area contributed by atoms with Gasteiger partial charge in [-0.15, -0.1) is 0 Å². The van der Waals surface area contributed by atoms with Crippen LogP contribution in [0.25, 0.3) is 0 Å². The average Bonchev–Trinajstić information content (AvgIpc) is 2.36. The van der Waals surface area contributed by atoms with Crippen molar-refractivity contribution >= 4 is 5.97 Å². The zero-order valence-electron chi connectivity index (χ0n) is 14.4. The third-order valence-electron chi connectivity index (χ3n) is 3.17. The summed E-state index contributed by atoms with van der Waals surface area (Å²) in [5.41, 5.74) is 0.824. The molecule has 0 aliphatic carbocycles. The van der Waals surface area contributed by atoms with Gasteiger partial charge in [-0.2, -0.15) is 0 Å². The highest BCUT2D eigenvalue weighted by atomic mass is 16.6. The third-order valence-corrected chi connectivity index (χ3v) is 3.17. The lowest BCUT2D eigenvalue weighted by atomic mass is 9.95. The van der Waals surface area contributed by atoms with Gasteiger partial charge < -0.3 is 10.1 Å². The van der Waals surface area contributed by atoms with E-state index < -0.39 is 5.60 Å². The second-order valence-electron chi connectivity index (χ2n) is 7.11. The maximum absolute atomic E-state index is 12.1. The Morgan fingerprint density at radius 2 is 1.86 bits per heavy atom. The summed E-state index contributed by atoms with van der Waals surface area (Å²) in [7, 11) is 0. The van der Waals surface area contributed by atoms with Gasteiger partial charge in [0.1, 0.15) is 11.5 Å². The second-order valence-corrected chi connectivity index (χ2v) is 7.11. The van der Waals surface area contributed by atoms with Crippen molar-refractivity contribution in [3.05, 3.63) is 42.8 Å². The number of nitrogens with one attached hydrogen (secondary N) is 1. The molecule has 3 nitrogen and oxygen atoms in total. The van der Waals surface area contributed by atoms with Crippen LogP contribution in [0.4, 0.5) is 0 Å². The fourth-order valence-electron chi connectivity index (χ4n) is 2.32. The fourth-order valence-corrected chi connectivity index (χ4v) is 2.32. The lowest BCUT2D eigenvalue weighted by Gasteiger charge is -2.22. The summed E-state index contributed by atoms with van der Waals surface area (Å²) in [6.45, 7) is 13.4. The Bertz CT molecular complexity index is 434. The van der Waals surface area contributed by atoms with Gasteiger partial charge in [0.2, 0.25) is 0 Å². The predicted octanol–water partition coefficient (Wildman–Crippen LogP) is 3.64. The quantitative estimate of drug-likeness (QED) is 0.588. The summed E-state index contributed by atoms with van der Waals surface area (Å²) in [4.78, 5) is 12.1. The molecule has 0 heterocycles. The summed E-state index contributed by atoms with van der Waals surface area (Å²) in [6, 6.07) is 10.3. The van der Waals surface area contributed by atoms with Gasteiger partial charge in [0.05, 0.1) is 6.92 Å². The van der Waals surface area contributed by atoms with Gasteiger partial charge in [0.25, 0.3) is 0 Å². The van der Waals surface area contributed by atoms with Crippen LogP contribution in [0.15, 0.2) is 30.3 Å². The minimum absolute atomic E-state index is 0.127. The number of ether oxygens (including phenoxy) is 1. The highest BCUT2D eigenvalue weighted by molar-refractivity contribution is 5.70. The van der Waals surface area contributed by atoms with Crippen molar-refractivity contribution in [1.82, 2.24) is 5.32 Å². The molecule has 0 saturated heterocycles. The summed E-state index contributed by atoms with van der Waals surface area (Å²) in [5, 5.41) is 3.40. The first-order chi connectivity index (χ1) is 10.3. The van der Waals surface area contributed by atoms with Gasteiger partial charge in [-0.3, -0.25) is 4.79 Å². The number of rotatable bonds is 8. The van der Waals surface area contributed by atoms with Crippen molar-refractivity contribution in [3.8, 4) is 0 Å². The molecule has 1 unspecified atom stereocenters. The zero-order valence-corrected chi connectivity index (χ0v) is 14.4. The van der Waals surface area contributed by atoms with E-state index in [-0.39, 0.29) is 11.9 Å². The first-order valence-corrected chi connectivity index (χ1v) is 8.06. The van der Waals surface area contributed by atoms with Gasteiger partial charge in [-0.25, -0.2) is 0 Å². The molecular formula is C19H30NO2+. The molecule has 1 rings (SSSR count). The molecule has 122 valence electrons. The van der Waals surface area contributed by atoms with Crippen molar-refractivity contribution in [2.45, 2.75) is 46.1 Å². The molecule has 0 spiro atoms. The standard InChI is InChI=1S/C19H30NO2/c1-15(2)13-20-14-17(11-16-9-7-6-8-10-16)12-18(21)22-19(3,4)5/h6-10,15,17,20H,1,11-14H2,2-5H3/q+1/t15?,17-/m1/s1. The fraction of sp³-hybridized carbons (Fsp3) is 0.579. The SMILES string of the molecule is [CH2+]C(C)CNC[C@@H](CC(=O)OC(C)(C)C)Cc1ccccc1. The van der Waals surface area contributed by atoms with Gasteiger partial charge in [0.15, 0.2) is 0 Å². The maximum Gasteiger partial charge on any atom is 0.306 e. The number of carbonyl (C=O) groups is 1. The number of esters is 1. The maximum atomic E-state index is 12.1. The van der Waals surface area contributed by atoms with Crippen molar-refractivity contribution in [3.63, 3.8) is 0 Å². The number of hydrogen-bond acceptors (Lipinski definition) is 3. The first-order valence-electron chi connectivity index (χ1n) is 8.06. The molecule has 3 heteroatoms. The van der Waals surface area contributed by atoms with Gasteiger partial charge >= 0.3 is 5.97 Å². The topological polar surface area (TPSA) is 38.3 Å². The molecule has 2 atom stereocenters. The van der Waals surface area contributed by atoms with Crippen molar-refractivity contribution in [2.75, 3.05) is 13.1 Å². The Morgan fingerprint density at radius 3 is 2.41 bits per heavy atom. The van der Waals surface area contributed by atoms with Gasteiger partial charge in [-0.05, 0) is 52.1 Å². The molecule has 0 amide bonds. The van der Waals surface area contributed by atoms with Crippen LogP contribution in [0.3, 0.4) is 0 Å². The van der Waals surface area contributed by atoms with E-state index in [1.165, 1.54) is 5.56 Å². The monoisotopic (exact) mass is 304 g/mol. The zero-order chi connectivity index (χ0) is 16.6. The molecule has 0 fully saturated rings. The Hall–Kier alpha value is -1.48. The Balaban J connectivity index is 2.59. The normalized spacial score (nSPS) is 14.4. The summed E-state index contributed by atoms with van der Waals surface area (Å²) in [6.07, 6.45) is 1.31. The Morgan fingerprint density at radius 1 is 1.23 bits per heavy atom. The lowest BCUT2D eigenvalue weighted by Crippen LogP contribution is -2.31. The summed E-state index contributed by atoms with van der Waals surface area (Å²) < 4.78 is 5.45. The van der Waals surface area contributed by atoms with Gasteiger partial charge in [0, 0.05) is 13.0 Å². The predicted molar refractivity (Wildman–Crippen MR) is 91.5 cm³/mol. The molecule has 0 aliphatic rings. The highest BCUT2D eigenvalue weighted by Gasteiger charge is 2.21. The van der Waals surface area contributed by atoms with Crippen LogP contribution in [0.5, 0.6) is 0 Å². The Labute approximate surface area is 135 Å². The molecule has 0 saturated carbocycles. The number of carbonyl (C=O) groups excluding carboxylic acids is 1. The number of hydrogen-bond donors (Lipinski definition) is 1. The molecule has 0 bridgehead atoms. The smallest absolute Gasteiger partial charge is 0.306 e. The molecule has 0 radical (unpaired) electrons. The van der Waals surface area contributed by atoms with E-state index in [1.54, 1.807) is 0 Å². The van der Waals surface area contributed by atoms with Crippen LogP contribution >= 0.6 is 0 Å². The molecule has 1 aromatic rings. The van der Waals surface area contributed by atoms with E-state index in [0.717, 1.165) is 19.5 Å². The van der Waals surface area contributed by atoms with E-state index in [9.17, 15) is 4.79 Å². The van der Waals surface area contributed by atoms with Crippen LogP contribution in [0, 0.1) is 18.8 Å². The number of benzene rings is 1. The largest absolute Gasteiger partial charge is 0.460 e. The Kier molecular flexibility index (Phi) is 7.46. The van der Waals surface area contributed by atoms with E-state index >= 15 is 0 Å². The van der Waals surface area contributed by atoms with Crippen LogP contribution in [0.2, 0.25) is 0 Å². The van der Waals surface area contributed by atoms with Crippen LogP contribution in [-0.2, 0) is 16.0 Å².